The maximum Gasteiger partial charge on any atom is 0.217 e. The van der Waals surface area contributed by atoms with Gasteiger partial charge in [0, 0.05) is 12.5 Å². The SMILES string of the molecule is CC(=O)N[C@@H]1C[C@@H](C)S(=O)(=O)c2sccc21. The minimum absolute atomic E-state index is 0.131. The van der Waals surface area contributed by atoms with Gasteiger partial charge in [-0.1, -0.05) is 0 Å². The molecule has 0 radical (unpaired) electrons. The van der Waals surface area contributed by atoms with Gasteiger partial charge in [-0.05, 0) is 24.8 Å². The highest BCUT2D eigenvalue weighted by molar-refractivity contribution is 7.94. The number of thiophene rings is 1. The van der Waals surface area contributed by atoms with Crippen LogP contribution in [0.15, 0.2) is 15.7 Å². The molecule has 16 heavy (non-hydrogen) atoms. The zero-order valence-corrected chi connectivity index (χ0v) is 10.7. The van der Waals surface area contributed by atoms with Crippen LogP contribution in [0.2, 0.25) is 0 Å². The summed E-state index contributed by atoms with van der Waals surface area (Å²) in [6, 6.07) is 1.61. The molecular formula is C10H13NO3S2. The van der Waals surface area contributed by atoms with Crippen LogP contribution in [0.25, 0.3) is 0 Å². The molecule has 0 bridgehead atoms. The fourth-order valence-corrected chi connectivity index (χ4v) is 5.18. The molecular weight excluding hydrogens is 246 g/mol. The van der Waals surface area contributed by atoms with Crippen LogP contribution >= 0.6 is 11.3 Å². The molecule has 1 aliphatic heterocycles. The van der Waals surface area contributed by atoms with Crippen LogP contribution in [0.4, 0.5) is 0 Å². The second-order valence-corrected chi connectivity index (χ2v) is 7.49. The summed E-state index contributed by atoms with van der Waals surface area (Å²) in [4.78, 5) is 11.1. The van der Waals surface area contributed by atoms with Gasteiger partial charge < -0.3 is 5.32 Å². The molecule has 6 heteroatoms. The molecule has 0 spiro atoms. The summed E-state index contributed by atoms with van der Waals surface area (Å²) >= 11 is 1.23. The second-order valence-electron chi connectivity index (χ2n) is 4.01. The lowest BCUT2D eigenvalue weighted by atomic mass is 10.1. The molecule has 0 aliphatic carbocycles. The van der Waals surface area contributed by atoms with Gasteiger partial charge in [0.05, 0.1) is 11.3 Å². The fourth-order valence-electron chi connectivity index (χ4n) is 1.95. The van der Waals surface area contributed by atoms with Gasteiger partial charge in [-0.15, -0.1) is 11.3 Å². The van der Waals surface area contributed by atoms with Gasteiger partial charge in [0.25, 0.3) is 0 Å². The van der Waals surface area contributed by atoms with Crippen molar-refractivity contribution in [1.82, 2.24) is 5.32 Å². The molecule has 2 atom stereocenters. The molecule has 0 aromatic carbocycles. The first-order chi connectivity index (χ1) is 7.43. The molecule has 1 aromatic rings. The van der Waals surface area contributed by atoms with Crippen molar-refractivity contribution in [2.45, 2.75) is 35.8 Å². The minimum Gasteiger partial charge on any atom is -0.349 e. The molecule has 2 rings (SSSR count). The first-order valence-electron chi connectivity index (χ1n) is 5.01. The lowest BCUT2D eigenvalue weighted by Crippen LogP contribution is -2.35. The average molecular weight is 259 g/mol. The van der Waals surface area contributed by atoms with E-state index in [9.17, 15) is 13.2 Å². The average Bonchev–Trinajstić information content (AvgIpc) is 2.62. The number of sulfone groups is 1. The summed E-state index contributed by atoms with van der Waals surface area (Å²) in [6.45, 7) is 3.13. The van der Waals surface area contributed by atoms with Crippen LogP contribution in [-0.2, 0) is 14.6 Å². The molecule has 0 saturated heterocycles. The Morgan fingerprint density at radius 1 is 1.56 bits per heavy atom. The van der Waals surface area contributed by atoms with E-state index in [0.29, 0.717) is 10.6 Å². The zero-order chi connectivity index (χ0) is 11.9. The first-order valence-corrected chi connectivity index (χ1v) is 7.44. The maximum atomic E-state index is 12.0. The van der Waals surface area contributed by atoms with Gasteiger partial charge in [0.2, 0.25) is 5.91 Å². The van der Waals surface area contributed by atoms with Gasteiger partial charge >= 0.3 is 0 Å². The molecule has 1 amide bonds. The van der Waals surface area contributed by atoms with Crippen LogP contribution < -0.4 is 5.32 Å². The second kappa shape index (κ2) is 3.85. The van der Waals surface area contributed by atoms with Crippen LogP contribution in [0.3, 0.4) is 0 Å². The van der Waals surface area contributed by atoms with E-state index in [1.54, 1.807) is 18.4 Å². The van der Waals surface area contributed by atoms with Crippen LogP contribution in [0.1, 0.15) is 31.9 Å². The van der Waals surface area contributed by atoms with Crippen molar-refractivity contribution in [2.24, 2.45) is 0 Å². The predicted molar refractivity (Wildman–Crippen MR) is 62.1 cm³/mol. The molecule has 0 unspecified atom stereocenters. The summed E-state index contributed by atoms with van der Waals surface area (Å²) in [5, 5.41) is 4.12. The Morgan fingerprint density at radius 3 is 2.88 bits per heavy atom. The van der Waals surface area contributed by atoms with Crippen molar-refractivity contribution >= 4 is 27.1 Å². The van der Waals surface area contributed by atoms with Crippen molar-refractivity contribution < 1.29 is 13.2 Å². The van der Waals surface area contributed by atoms with Crippen LogP contribution in [-0.4, -0.2) is 19.6 Å². The molecule has 2 heterocycles. The molecule has 4 nitrogen and oxygen atoms in total. The van der Waals surface area contributed by atoms with E-state index in [1.165, 1.54) is 18.3 Å². The lowest BCUT2D eigenvalue weighted by molar-refractivity contribution is -0.119. The van der Waals surface area contributed by atoms with E-state index in [1.807, 2.05) is 0 Å². The highest BCUT2D eigenvalue weighted by atomic mass is 32.2. The molecule has 0 fully saturated rings. The number of amides is 1. The van der Waals surface area contributed by atoms with Gasteiger partial charge in [-0.25, -0.2) is 8.42 Å². The van der Waals surface area contributed by atoms with E-state index >= 15 is 0 Å². The Morgan fingerprint density at radius 2 is 2.25 bits per heavy atom. The monoisotopic (exact) mass is 259 g/mol. The standard InChI is InChI=1S/C10H13NO3S2/c1-6-5-9(11-7(2)12)8-3-4-15-10(8)16(6,13)14/h3-4,6,9H,5H2,1-2H3,(H,11,12)/t6-,9-/m1/s1. The third kappa shape index (κ3) is 1.76. The Hall–Kier alpha value is -0.880. The van der Waals surface area contributed by atoms with Gasteiger partial charge in [-0.2, -0.15) is 0 Å². The summed E-state index contributed by atoms with van der Waals surface area (Å²) in [6.07, 6.45) is 0.450. The fraction of sp³-hybridized carbons (Fsp3) is 0.500. The number of hydrogen-bond donors (Lipinski definition) is 1. The Bertz CT molecular complexity index is 518. The third-order valence-electron chi connectivity index (χ3n) is 2.77. The molecule has 1 aromatic heterocycles. The van der Waals surface area contributed by atoms with E-state index in [4.69, 9.17) is 0 Å². The molecule has 1 aliphatic rings. The highest BCUT2D eigenvalue weighted by Gasteiger charge is 2.37. The summed E-state index contributed by atoms with van der Waals surface area (Å²) in [5.74, 6) is -0.131. The normalized spacial score (nSPS) is 27.1. The largest absolute Gasteiger partial charge is 0.349 e. The van der Waals surface area contributed by atoms with Crippen LogP contribution in [0, 0.1) is 0 Å². The third-order valence-corrected chi connectivity index (χ3v) is 6.48. The van der Waals surface area contributed by atoms with Crippen molar-refractivity contribution in [2.75, 3.05) is 0 Å². The highest BCUT2D eigenvalue weighted by Crippen LogP contribution is 2.39. The lowest BCUT2D eigenvalue weighted by Gasteiger charge is -2.27. The number of hydrogen-bond acceptors (Lipinski definition) is 4. The Kier molecular flexibility index (Phi) is 2.79. The van der Waals surface area contributed by atoms with Crippen molar-refractivity contribution in [3.05, 3.63) is 17.0 Å². The van der Waals surface area contributed by atoms with E-state index in [-0.39, 0.29) is 11.9 Å². The summed E-state index contributed by atoms with van der Waals surface area (Å²) in [5.41, 5.74) is 0.735. The van der Waals surface area contributed by atoms with E-state index < -0.39 is 15.1 Å². The number of carbonyl (C=O) groups is 1. The van der Waals surface area contributed by atoms with E-state index in [0.717, 1.165) is 5.56 Å². The van der Waals surface area contributed by atoms with Crippen molar-refractivity contribution in [1.29, 1.82) is 0 Å². The quantitative estimate of drug-likeness (QED) is 0.831. The molecule has 0 saturated carbocycles. The summed E-state index contributed by atoms with van der Waals surface area (Å²) in [7, 11) is -3.18. The summed E-state index contributed by atoms with van der Waals surface area (Å²) < 4.78 is 24.4. The number of rotatable bonds is 1. The van der Waals surface area contributed by atoms with Gasteiger partial charge in [0.15, 0.2) is 9.84 Å². The van der Waals surface area contributed by atoms with Crippen LogP contribution in [0.5, 0.6) is 0 Å². The number of fused-ring (bicyclic) bond motifs is 1. The smallest absolute Gasteiger partial charge is 0.217 e. The number of carbonyl (C=O) groups excluding carboxylic acids is 1. The first kappa shape index (κ1) is 11.6. The van der Waals surface area contributed by atoms with E-state index in [2.05, 4.69) is 5.32 Å². The van der Waals surface area contributed by atoms with Gasteiger partial charge in [0.1, 0.15) is 4.21 Å². The molecule has 1 N–H and O–H groups in total. The predicted octanol–water partition coefficient (Wildman–Crippen LogP) is 1.49. The Balaban J connectivity index is 2.46. The van der Waals surface area contributed by atoms with Crippen molar-refractivity contribution in [3.8, 4) is 0 Å². The zero-order valence-electron chi connectivity index (χ0n) is 9.06. The maximum absolute atomic E-state index is 12.0. The van der Waals surface area contributed by atoms with Crippen molar-refractivity contribution in [3.63, 3.8) is 0 Å². The number of nitrogens with one attached hydrogen (secondary N) is 1. The van der Waals surface area contributed by atoms with Gasteiger partial charge in [-0.3, -0.25) is 4.79 Å². The molecule has 88 valence electrons. The Labute approximate surface area is 98.6 Å². The minimum atomic E-state index is -3.18. The topological polar surface area (TPSA) is 63.2 Å².